The van der Waals surface area contributed by atoms with Crippen LogP contribution < -0.4 is 5.32 Å². The summed E-state index contributed by atoms with van der Waals surface area (Å²) in [5.74, 6) is 0.749. The molecule has 0 saturated heterocycles. The second kappa shape index (κ2) is 6.34. The average Bonchev–Trinajstić information content (AvgIpc) is 2.71. The van der Waals surface area contributed by atoms with E-state index in [2.05, 4.69) is 80.7 Å². The molecule has 0 spiro atoms. The minimum absolute atomic E-state index is 0.0605. The number of carbonyl (C=O) groups excluding carboxylic acids is 1. The SMILES string of the molecule is Cc1cccc(NC(=O)[C@@H]2C3c4ccccc4C(c4ccccc43)[C@@H]2C)c1C. The molecule has 0 saturated carbocycles. The molecule has 0 aliphatic heterocycles. The molecule has 0 radical (unpaired) electrons. The van der Waals surface area contributed by atoms with Gasteiger partial charge in [0, 0.05) is 17.5 Å². The van der Waals surface area contributed by atoms with E-state index >= 15 is 0 Å². The number of carbonyl (C=O) groups is 1. The van der Waals surface area contributed by atoms with Crippen LogP contribution in [-0.2, 0) is 4.79 Å². The zero-order valence-corrected chi connectivity index (χ0v) is 16.6. The van der Waals surface area contributed by atoms with Crippen LogP contribution in [0.25, 0.3) is 0 Å². The van der Waals surface area contributed by atoms with E-state index < -0.39 is 0 Å². The molecule has 2 atom stereocenters. The average molecular weight is 367 g/mol. The first-order chi connectivity index (χ1) is 13.6. The first-order valence-corrected chi connectivity index (χ1v) is 10.1. The first-order valence-electron chi connectivity index (χ1n) is 10.1. The number of nitrogens with one attached hydrogen (secondary N) is 1. The predicted octanol–water partition coefficient (Wildman–Crippen LogP) is 5.79. The van der Waals surface area contributed by atoms with Gasteiger partial charge in [-0.3, -0.25) is 4.79 Å². The molecule has 2 bridgehead atoms. The zero-order chi connectivity index (χ0) is 19.4. The smallest absolute Gasteiger partial charge is 0.228 e. The fraction of sp³-hybridized carbons (Fsp3) is 0.269. The van der Waals surface area contributed by atoms with Gasteiger partial charge in [-0.15, -0.1) is 0 Å². The quantitative estimate of drug-likeness (QED) is 0.611. The van der Waals surface area contributed by atoms with Gasteiger partial charge < -0.3 is 5.32 Å². The van der Waals surface area contributed by atoms with Gasteiger partial charge >= 0.3 is 0 Å². The summed E-state index contributed by atoms with van der Waals surface area (Å²) >= 11 is 0. The number of amides is 1. The Labute approximate surface area is 166 Å². The number of fused-ring (bicyclic) bond motifs is 1. The van der Waals surface area contributed by atoms with Crippen molar-refractivity contribution < 1.29 is 4.79 Å². The molecule has 2 nitrogen and oxygen atoms in total. The maximum atomic E-state index is 13.5. The highest BCUT2D eigenvalue weighted by molar-refractivity contribution is 5.95. The molecule has 140 valence electrons. The molecular formula is C26H25NO. The van der Waals surface area contributed by atoms with Crippen LogP contribution in [0.15, 0.2) is 66.7 Å². The Bertz CT molecular complexity index is 1040. The van der Waals surface area contributed by atoms with Crippen LogP contribution >= 0.6 is 0 Å². The summed E-state index contributed by atoms with van der Waals surface area (Å²) in [6.07, 6.45) is 0. The molecule has 0 heterocycles. The molecule has 1 N–H and O–H groups in total. The van der Waals surface area contributed by atoms with E-state index in [1.165, 1.54) is 27.8 Å². The minimum atomic E-state index is -0.0605. The Balaban J connectivity index is 1.60. The summed E-state index contributed by atoms with van der Waals surface area (Å²) in [5, 5.41) is 3.26. The van der Waals surface area contributed by atoms with Crippen molar-refractivity contribution in [3.63, 3.8) is 0 Å². The van der Waals surface area contributed by atoms with Crippen molar-refractivity contribution >= 4 is 11.6 Å². The van der Waals surface area contributed by atoms with Crippen LogP contribution in [0.1, 0.15) is 52.1 Å². The summed E-state index contributed by atoms with van der Waals surface area (Å²) in [4.78, 5) is 13.5. The van der Waals surface area contributed by atoms with Gasteiger partial charge in [-0.1, -0.05) is 67.6 Å². The van der Waals surface area contributed by atoms with Gasteiger partial charge in [0.15, 0.2) is 0 Å². The third-order valence-electron chi connectivity index (χ3n) is 6.95. The molecule has 3 aromatic carbocycles. The molecule has 3 aliphatic rings. The van der Waals surface area contributed by atoms with Gasteiger partial charge in [0.2, 0.25) is 5.91 Å². The van der Waals surface area contributed by atoms with Crippen LogP contribution in [0.5, 0.6) is 0 Å². The van der Waals surface area contributed by atoms with Crippen LogP contribution in [0, 0.1) is 25.7 Å². The summed E-state index contributed by atoms with van der Waals surface area (Å²) < 4.78 is 0. The fourth-order valence-corrected chi connectivity index (χ4v) is 5.45. The van der Waals surface area contributed by atoms with Gasteiger partial charge in [-0.25, -0.2) is 0 Å². The number of hydrogen-bond acceptors (Lipinski definition) is 1. The lowest BCUT2D eigenvalue weighted by atomic mass is 9.54. The van der Waals surface area contributed by atoms with Gasteiger partial charge in [-0.2, -0.15) is 0 Å². The summed E-state index contributed by atoms with van der Waals surface area (Å²) in [6.45, 7) is 6.41. The van der Waals surface area contributed by atoms with Crippen molar-refractivity contribution in [2.75, 3.05) is 5.32 Å². The monoisotopic (exact) mass is 367 g/mol. The normalized spacial score (nSPS) is 24.4. The highest BCUT2D eigenvalue weighted by Gasteiger charge is 2.50. The lowest BCUT2D eigenvalue weighted by Gasteiger charge is -2.49. The lowest BCUT2D eigenvalue weighted by molar-refractivity contribution is -0.122. The minimum Gasteiger partial charge on any atom is -0.326 e. The van der Waals surface area contributed by atoms with Crippen LogP contribution in [0.4, 0.5) is 5.69 Å². The molecule has 0 unspecified atom stereocenters. The van der Waals surface area contributed by atoms with E-state index in [1.807, 2.05) is 12.1 Å². The lowest BCUT2D eigenvalue weighted by Crippen LogP contribution is -2.44. The van der Waals surface area contributed by atoms with Crippen LogP contribution in [0.3, 0.4) is 0 Å². The van der Waals surface area contributed by atoms with Crippen molar-refractivity contribution in [2.45, 2.75) is 32.6 Å². The number of rotatable bonds is 2. The highest BCUT2D eigenvalue weighted by Crippen LogP contribution is 2.58. The van der Waals surface area contributed by atoms with E-state index in [1.54, 1.807) is 0 Å². The van der Waals surface area contributed by atoms with E-state index in [9.17, 15) is 4.79 Å². The van der Waals surface area contributed by atoms with Crippen LogP contribution in [-0.4, -0.2) is 5.91 Å². The van der Waals surface area contributed by atoms with Crippen molar-refractivity contribution in [1.29, 1.82) is 0 Å². The molecular weight excluding hydrogens is 342 g/mol. The molecule has 3 aliphatic carbocycles. The summed E-state index contributed by atoms with van der Waals surface area (Å²) in [7, 11) is 0. The van der Waals surface area contributed by atoms with Gasteiger partial charge in [0.05, 0.1) is 5.92 Å². The molecule has 3 aromatic rings. The van der Waals surface area contributed by atoms with E-state index in [4.69, 9.17) is 0 Å². The number of hydrogen-bond donors (Lipinski definition) is 1. The molecule has 1 amide bonds. The molecule has 28 heavy (non-hydrogen) atoms. The second-order valence-corrected chi connectivity index (χ2v) is 8.33. The van der Waals surface area contributed by atoms with E-state index in [0.717, 1.165) is 11.3 Å². The zero-order valence-electron chi connectivity index (χ0n) is 16.6. The van der Waals surface area contributed by atoms with Crippen molar-refractivity contribution in [3.05, 3.63) is 100 Å². The second-order valence-electron chi connectivity index (χ2n) is 8.33. The van der Waals surface area contributed by atoms with Gasteiger partial charge in [0.1, 0.15) is 0 Å². The highest BCUT2D eigenvalue weighted by atomic mass is 16.1. The largest absolute Gasteiger partial charge is 0.326 e. The van der Waals surface area contributed by atoms with Crippen molar-refractivity contribution in [1.82, 2.24) is 0 Å². The van der Waals surface area contributed by atoms with Crippen LogP contribution in [0.2, 0.25) is 0 Å². The maximum absolute atomic E-state index is 13.5. The van der Waals surface area contributed by atoms with Gasteiger partial charge in [0.25, 0.3) is 0 Å². The predicted molar refractivity (Wildman–Crippen MR) is 114 cm³/mol. The summed E-state index contributed by atoms with van der Waals surface area (Å²) in [6, 6.07) is 23.5. The maximum Gasteiger partial charge on any atom is 0.228 e. The van der Waals surface area contributed by atoms with Crippen molar-refractivity contribution in [2.24, 2.45) is 11.8 Å². The Morgan fingerprint density at radius 2 is 1.29 bits per heavy atom. The Hall–Kier alpha value is -2.87. The standard InChI is InChI=1S/C26H25NO/c1-15-9-8-14-22(16(15)2)27-26(28)24-17(3)23-18-10-4-6-12-20(18)25(24)21-13-7-5-11-19(21)23/h4-14,17,23-25H,1-3H3,(H,27,28)/t17-,23?,24-,25?/m0/s1. The van der Waals surface area contributed by atoms with Crippen molar-refractivity contribution in [3.8, 4) is 0 Å². The number of benzene rings is 3. The Morgan fingerprint density at radius 1 is 0.750 bits per heavy atom. The third-order valence-corrected chi connectivity index (χ3v) is 6.95. The first kappa shape index (κ1) is 17.2. The Morgan fingerprint density at radius 3 is 1.86 bits per heavy atom. The van der Waals surface area contributed by atoms with E-state index in [0.29, 0.717) is 0 Å². The Kier molecular flexibility index (Phi) is 3.90. The van der Waals surface area contributed by atoms with E-state index in [-0.39, 0.29) is 29.6 Å². The molecule has 0 aromatic heterocycles. The fourth-order valence-electron chi connectivity index (χ4n) is 5.45. The topological polar surface area (TPSA) is 29.1 Å². The number of aryl methyl sites for hydroxylation is 1. The molecule has 6 rings (SSSR count). The van der Waals surface area contributed by atoms with Gasteiger partial charge in [-0.05, 0) is 59.2 Å². The third kappa shape index (κ3) is 2.37. The number of anilines is 1. The molecule has 2 heteroatoms. The molecule has 0 fully saturated rings. The summed E-state index contributed by atoms with van der Waals surface area (Å²) in [5.41, 5.74) is 8.72.